The number of nitrogens with zero attached hydrogens (tertiary/aromatic N) is 1. The van der Waals surface area contributed by atoms with Crippen molar-refractivity contribution in [3.63, 3.8) is 0 Å². The largest absolute Gasteiger partial charge is 0.366 e. The Bertz CT molecular complexity index is 483. The van der Waals surface area contributed by atoms with E-state index in [4.69, 9.17) is 15.2 Å². The van der Waals surface area contributed by atoms with Gasteiger partial charge in [-0.1, -0.05) is 18.6 Å². The third-order valence-electron chi connectivity index (χ3n) is 4.25. The number of hydrogen-bond acceptors (Lipinski definition) is 4. The first-order valence-electron chi connectivity index (χ1n) is 7.60. The maximum atomic E-state index is 11.1. The van der Waals surface area contributed by atoms with E-state index in [2.05, 4.69) is 4.90 Å². The van der Waals surface area contributed by atoms with Crippen LogP contribution in [0.25, 0.3) is 0 Å². The van der Waals surface area contributed by atoms with E-state index in [0.29, 0.717) is 24.8 Å². The van der Waals surface area contributed by atoms with Crippen molar-refractivity contribution in [2.45, 2.75) is 38.1 Å². The Kier molecular flexibility index (Phi) is 4.53. The Morgan fingerprint density at radius 2 is 1.90 bits per heavy atom. The number of likely N-dealkylation sites (tertiary alicyclic amines) is 1. The smallest absolute Gasteiger partial charge is 0.248 e. The zero-order valence-electron chi connectivity index (χ0n) is 12.2. The third kappa shape index (κ3) is 3.43. The topological polar surface area (TPSA) is 64.8 Å². The van der Waals surface area contributed by atoms with Crippen LogP contribution < -0.4 is 5.73 Å². The first kappa shape index (κ1) is 14.5. The monoisotopic (exact) mass is 290 g/mol. The predicted octanol–water partition coefficient (Wildman–Crippen LogP) is 1.51. The van der Waals surface area contributed by atoms with Crippen LogP contribution in [0.1, 0.15) is 35.2 Å². The van der Waals surface area contributed by atoms with E-state index in [9.17, 15) is 4.79 Å². The quantitative estimate of drug-likeness (QED) is 0.913. The van der Waals surface area contributed by atoms with Crippen molar-refractivity contribution in [2.75, 3.05) is 19.8 Å². The lowest BCUT2D eigenvalue weighted by molar-refractivity contribution is -0.111. The minimum Gasteiger partial charge on any atom is -0.366 e. The maximum Gasteiger partial charge on any atom is 0.248 e. The van der Waals surface area contributed by atoms with Gasteiger partial charge in [0.05, 0.1) is 19.3 Å². The highest BCUT2D eigenvalue weighted by molar-refractivity contribution is 5.92. The summed E-state index contributed by atoms with van der Waals surface area (Å²) in [6.07, 6.45) is 3.47. The molecule has 2 aliphatic heterocycles. The van der Waals surface area contributed by atoms with E-state index < -0.39 is 0 Å². The van der Waals surface area contributed by atoms with E-state index in [1.165, 1.54) is 18.4 Å². The molecule has 0 bridgehead atoms. The molecular formula is C16H22N2O3. The third-order valence-corrected chi connectivity index (χ3v) is 4.25. The number of piperidine rings is 1. The van der Waals surface area contributed by atoms with Crippen LogP contribution in [0.2, 0.25) is 0 Å². The molecule has 2 fully saturated rings. The van der Waals surface area contributed by atoms with Crippen molar-refractivity contribution in [3.8, 4) is 0 Å². The molecule has 0 unspecified atom stereocenters. The van der Waals surface area contributed by atoms with Gasteiger partial charge in [-0.25, -0.2) is 0 Å². The van der Waals surface area contributed by atoms with Gasteiger partial charge in [0, 0.05) is 12.1 Å². The first-order chi connectivity index (χ1) is 10.2. The van der Waals surface area contributed by atoms with Gasteiger partial charge in [-0.15, -0.1) is 0 Å². The number of hydrogen-bond donors (Lipinski definition) is 1. The number of rotatable bonds is 4. The SMILES string of the molecule is NC(=O)c1ccc(CN2CCCC[C@H]2C2OCCO2)cc1. The minimum absolute atomic E-state index is 0.0878. The van der Waals surface area contributed by atoms with E-state index in [-0.39, 0.29) is 12.2 Å². The molecule has 0 aliphatic carbocycles. The molecule has 2 saturated heterocycles. The summed E-state index contributed by atoms with van der Waals surface area (Å²) in [5.74, 6) is -0.384. The lowest BCUT2D eigenvalue weighted by Crippen LogP contribution is -2.46. The average molecular weight is 290 g/mol. The second-order valence-corrected chi connectivity index (χ2v) is 5.70. The normalized spacial score (nSPS) is 24.3. The van der Waals surface area contributed by atoms with Gasteiger partial charge in [0.25, 0.3) is 0 Å². The highest BCUT2D eigenvalue weighted by Crippen LogP contribution is 2.26. The van der Waals surface area contributed by atoms with Gasteiger partial charge in [-0.2, -0.15) is 0 Å². The number of amides is 1. The van der Waals surface area contributed by atoms with Crippen LogP contribution >= 0.6 is 0 Å². The molecule has 1 atom stereocenters. The van der Waals surface area contributed by atoms with E-state index in [0.717, 1.165) is 19.5 Å². The van der Waals surface area contributed by atoms with Gasteiger partial charge < -0.3 is 15.2 Å². The summed E-state index contributed by atoms with van der Waals surface area (Å²) in [6, 6.07) is 7.86. The Morgan fingerprint density at radius 1 is 1.19 bits per heavy atom. The Balaban J connectivity index is 1.67. The van der Waals surface area contributed by atoms with Gasteiger partial charge >= 0.3 is 0 Å². The Morgan fingerprint density at radius 3 is 2.57 bits per heavy atom. The fourth-order valence-corrected chi connectivity index (χ4v) is 3.13. The van der Waals surface area contributed by atoms with E-state index >= 15 is 0 Å². The number of carbonyl (C=O) groups is 1. The van der Waals surface area contributed by atoms with Crippen molar-refractivity contribution >= 4 is 5.91 Å². The van der Waals surface area contributed by atoms with Crippen molar-refractivity contribution in [2.24, 2.45) is 5.73 Å². The van der Waals surface area contributed by atoms with Gasteiger partial charge in [0.1, 0.15) is 0 Å². The molecule has 2 heterocycles. The predicted molar refractivity (Wildman–Crippen MR) is 78.7 cm³/mol. The van der Waals surface area contributed by atoms with Crippen LogP contribution in [0.3, 0.4) is 0 Å². The molecule has 0 saturated carbocycles. The molecule has 0 aromatic heterocycles. The molecule has 1 aromatic rings. The highest BCUT2D eigenvalue weighted by atomic mass is 16.7. The molecule has 21 heavy (non-hydrogen) atoms. The lowest BCUT2D eigenvalue weighted by Gasteiger charge is -2.38. The summed E-state index contributed by atoms with van der Waals surface area (Å²) in [4.78, 5) is 13.5. The Hall–Kier alpha value is -1.43. The molecule has 2 N–H and O–H groups in total. The summed E-state index contributed by atoms with van der Waals surface area (Å²) >= 11 is 0. The molecule has 5 heteroatoms. The first-order valence-corrected chi connectivity index (χ1v) is 7.60. The molecule has 3 rings (SSSR count). The zero-order valence-corrected chi connectivity index (χ0v) is 12.2. The molecular weight excluding hydrogens is 268 g/mol. The second kappa shape index (κ2) is 6.56. The summed E-state index contributed by atoms with van der Waals surface area (Å²) in [6.45, 7) is 3.31. The standard InChI is InChI=1S/C16H22N2O3/c17-15(19)13-6-4-12(5-7-13)11-18-8-2-1-3-14(18)16-20-9-10-21-16/h4-7,14,16H,1-3,8-11H2,(H2,17,19)/t14-/m0/s1. The van der Waals surface area contributed by atoms with Crippen LogP contribution in [0.15, 0.2) is 24.3 Å². The zero-order chi connectivity index (χ0) is 14.7. The van der Waals surface area contributed by atoms with Gasteiger partial charge in [-0.05, 0) is 37.1 Å². The van der Waals surface area contributed by atoms with Gasteiger partial charge in [-0.3, -0.25) is 9.69 Å². The molecule has 114 valence electrons. The fraction of sp³-hybridized carbons (Fsp3) is 0.562. The average Bonchev–Trinajstić information content (AvgIpc) is 3.02. The molecule has 2 aliphatic rings. The number of benzene rings is 1. The molecule has 1 aromatic carbocycles. The van der Waals surface area contributed by atoms with Gasteiger partial charge in [0.15, 0.2) is 6.29 Å². The van der Waals surface area contributed by atoms with Crippen LogP contribution in [-0.2, 0) is 16.0 Å². The molecule has 1 amide bonds. The van der Waals surface area contributed by atoms with E-state index in [1.807, 2.05) is 12.1 Å². The highest BCUT2D eigenvalue weighted by Gasteiger charge is 2.33. The van der Waals surface area contributed by atoms with Crippen LogP contribution in [-0.4, -0.2) is 42.9 Å². The number of carbonyl (C=O) groups excluding carboxylic acids is 1. The molecule has 5 nitrogen and oxygen atoms in total. The number of primary amides is 1. The van der Waals surface area contributed by atoms with Crippen molar-refractivity contribution in [1.82, 2.24) is 4.90 Å². The summed E-state index contributed by atoms with van der Waals surface area (Å²) in [5, 5.41) is 0. The molecule has 0 radical (unpaired) electrons. The van der Waals surface area contributed by atoms with Crippen molar-refractivity contribution < 1.29 is 14.3 Å². The fourth-order valence-electron chi connectivity index (χ4n) is 3.13. The number of ether oxygens (including phenoxy) is 2. The summed E-state index contributed by atoms with van der Waals surface area (Å²) < 4.78 is 11.4. The second-order valence-electron chi connectivity index (χ2n) is 5.70. The Labute approximate surface area is 125 Å². The minimum atomic E-state index is -0.384. The van der Waals surface area contributed by atoms with Gasteiger partial charge in [0.2, 0.25) is 5.91 Å². The van der Waals surface area contributed by atoms with Crippen LogP contribution in [0.4, 0.5) is 0 Å². The summed E-state index contributed by atoms with van der Waals surface area (Å²) in [7, 11) is 0. The molecule has 0 spiro atoms. The van der Waals surface area contributed by atoms with Crippen molar-refractivity contribution in [3.05, 3.63) is 35.4 Å². The van der Waals surface area contributed by atoms with Crippen LogP contribution in [0, 0.1) is 0 Å². The van der Waals surface area contributed by atoms with Crippen molar-refractivity contribution in [1.29, 1.82) is 0 Å². The maximum absolute atomic E-state index is 11.1. The van der Waals surface area contributed by atoms with Crippen LogP contribution in [0.5, 0.6) is 0 Å². The lowest BCUT2D eigenvalue weighted by atomic mass is 10.0. The van der Waals surface area contributed by atoms with E-state index in [1.54, 1.807) is 12.1 Å². The summed E-state index contributed by atoms with van der Waals surface area (Å²) in [5.41, 5.74) is 7.01. The number of nitrogens with two attached hydrogens (primary N) is 1.